The summed E-state index contributed by atoms with van der Waals surface area (Å²) in [6, 6.07) is 7.44. The summed E-state index contributed by atoms with van der Waals surface area (Å²) in [5, 5.41) is 6.33. The van der Waals surface area contributed by atoms with Gasteiger partial charge in [-0.25, -0.2) is 4.98 Å². The SMILES string of the molecule is CNCCN(C)C(=O)c1csc(-c2ccc(Cl)cc2)n1.Cl.Cl. The second-order valence-corrected chi connectivity index (χ2v) is 5.67. The molecule has 0 aliphatic carbocycles. The Morgan fingerprint density at radius 2 is 1.95 bits per heavy atom. The van der Waals surface area contributed by atoms with Gasteiger partial charge in [0, 0.05) is 36.1 Å². The summed E-state index contributed by atoms with van der Waals surface area (Å²) in [5.41, 5.74) is 1.45. The Morgan fingerprint density at radius 3 is 2.55 bits per heavy atom. The van der Waals surface area contributed by atoms with E-state index >= 15 is 0 Å². The number of hydrogen-bond donors (Lipinski definition) is 1. The molecule has 0 saturated carbocycles. The van der Waals surface area contributed by atoms with Gasteiger partial charge >= 0.3 is 0 Å². The van der Waals surface area contributed by atoms with Crippen molar-refractivity contribution >= 4 is 53.7 Å². The van der Waals surface area contributed by atoms with Crippen LogP contribution in [0.3, 0.4) is 0 Å². The minimum atomic E-state index is -0.0586. The smallest absolute Gasteiger partial charge is 0.273 e. The summed E-state index contributed by atoms with van der Waals surface area (Å²) < 4.78 is 0. The molecule has 0 fully saturated rings. The lowest BCUT2D eigenvalue weighted by Gasteiger charge is -2.15. The molecule has 22 heavy (non-hydrogen) atoms. The van der Waals surface area contributed by atoms with Crippen LogP contribution in [-0.2, 0) is 0 Å². The number of aromatic nitrogens is 1. The number of carbonyl (C=O) groups excluding carboxylic acids is 1. The van der Waals surface area contributed by atoms with Gasteiger partial charge < -0.3 is 10.2 Å². The lowest BCUT2D eigenvalue weighted by molar-refractivity contribution is 0.0792. The molecule has 1 amide bonds. The highest BCUT2D eigenvalue weighted by molar-refractivity contribution is 7.13. The first-order valence-electron chi connectivity index (χ1n) is 6.23. The first-order chi connectivity index (χ1) is 9.61. The van der Waals surface area contributed by atoms with Gasteiger partial charge in [0.05, 0.1) is 0 Å². The van der Waals surface area contributed by atoms with Gasteiger partial charge in [-0.3, -0.25) is 4.79 Å². The van der Waals surface area contributed by atoms with Gasteiger partial charge in [0.2, 0.25) is 0 Å². The molecule has 1 N–H and O–H groups in total. The third-order valence-corrected chi connectivity index (χ3v) is 4.00. The van der Waals surface area contributed by atoms with Crippen LogP contribution < -0.4 is 5.32 Å². The van der Waals surface area contributed by atoms with Crippen LogP contribution in [0.25, 0.3) is 10.6 Å². The third kappa shape index (κ3) is 5.41. The van der Waals surface area contributed by atoms with Crippen molar-refractivity contribution in [1.29, 1.82) is 0 Å². The summed E-state index contributed by atoms with van der Waals surface area (Å²) >= 11 is 7.32. The van der Waals surface area contributed by atoms with Gasteiger partial charge in [0.15, 0.2) is 0 Å². The quantitative estimate of drug-likeness (QED) is 0.859. The van der Waals surface area contributed by atoms with Crippen molar-refractivity contribution in [2.24, 2.45) is 0 Å². The zero-order chi connectivity index (χ0) is 14.5. The average molecular weight is 383 g/mol. The van der Waals surface area contributed by atoms with Gasteiger partial charge in [0.25, 0.3) is 5.91 Å². The molecule has 1 heterocycles. The van der Waals surface area contributed by atoms with Crippen LogP contribution in [0.4, 0.5) is 0 Å². The van der Waals surface area contributed by atoms with Crippen LogP contribution in [0, 0.1) is 0 Å². The number of benzene rings is 1. The topological polar surface area (TPSA) is 45.2 Å². The van der Waals surface area contributed by atoms with E-state index in [9.17, 15) is 4.79 Å². The van der Waals surface area contributed by atoms with E-state index in [0.717, 1.165) is 17.1 Å². The Kier molecular flexibility index (Phi) is 9.64. The minimum Gasteiger partial charge on any atom is -0.339 e. The molecule has 8 heteroatoms. The molecule has 122 valence electrons. The van der Waals surface area contributed by atoms with Crippen LogP contribution in [0.5, 0.6) is 0 Å². The number of nitrogens with one attached hydrogen (secondary N) is 1. The molecular formula is C14H18Cl3N3OS. The minimum absolute atomic E-state index is 0. The molecule has 0 saturated heterocycles. The van der Waals surface area contributed by atoms with E-state index in [1.165, 1.54) is 11.3 Å². The molecule has 0 spiro atoms. The van der Waals surface area contributed by atoms with Gasteiger partial charge in [-0.05, 0) is 19.2 Å². The van der Waals surface area contributed by atoms with Crippen LogP contribution in [-0.4, -0.2) is 43.0 Å². The Bertz CT molecular complexity index is 589. The Morgan fingerprint density at radius 1 is 1.32 bits per heavy atom. The second-order valence-electron chi connectivity index (χ2n) is 4.38. The number of hydrogen-bond acceptors (Lipinski definition) is 4. The summed E-state index contributed by atoms with van der Waals surface area (Å²) in [6.07, 6.45) is 0. The highest BCUT2D eigenvalue weighted by Crippen LogP contribution is 2.25. The predicted molar refractivity (Wildman–Crippen MR) is 97.9 cm³/mol. The molecule has 0 aliphatic rings. The van der Waals surface area contributed by atoms with Crippen molar-refractivity contribution in [2.75, 3.05) is 27.2 Å². The fourth-order valence-electron chi connectivity index (χ4n) is 1.67. The number of likely N-dealkylation sites (N-methyl/N-ethyl adjacent to an activating group) is 2. The van der Waals surface area contributed by atoms with Crippen molar-refractivity contribution in [3.05, 3.63) is 40.4 Å². The first-order valence-corrected chi connectivity index (χ1v) is 7.49. The predicted octanol–water partition coefficient (Wildman–Crippen LogP) is 3.60. The highest BCUT2D eigenvalue weighted by atomic mass is 35.5. The third-order valence-electron chi connectivity index (χ3n) is 2.86. The van der Waals surface area contributed by atoms with Crippen molar-refractivity contribution in [1.82, 2.24) is 15.2 Å². The van der Waals surface area contributed by atoms with Crippen molar-refractivity contribution in [3.8, 4) is 10.6 Å². The normalized spacial score (nSPS) is 9.59. The van der Waals surface area contributed by atoms with Crippen LogP contribution in [0.2, 0.25) is 5.02 Å². The van der Waals surface area contributed by atoms with E-state index in [2.05, 4.69) is 10.3 Å². The van der Waals surface area contributed by atoms with Gasteiger partial charge in [0.1, 0.15) is 10.7 Å². The Hall–Kier alpha value is -0.850. The van der Waals surface area contributed by atoms with Crippen molar-refractivity contribution in [3.63, 3.8) is 0 Å². The maximum atomic E-state index is 12.2. The van der Waals surface area contributed by atoms with Crippen molar-refractivity contribution in [2.45, 2.75) is 0 Å². The molecule has 1 aromatic heterocycles. The number of nitrogens with zero attached hydrogens (tertiary/aromatic N) is 2. The fraction of sp³-hybridized carbons (Fsp3) is 0.286. The molecule has 0 radical (unpaired) electrons. The maximum Gasteiger partial charge on any atom is 0.273 e. The summed E-state index contributed by atoms with van der Waals surface area (Å²) in [7, 11) is 3.64. The summed E-state index contributed by atoms with van der Waals surface area (Å²) in [4.78, 5) is 18.2. The van der Waals surface area contributed by atoms with Crippen LogP contribution >= 0.6 is 47.8 Å². The first kappa shape index (κ1) is 21.1. The van der Waals surface area contributed by atoms with Gasteiger partial charge in [-0.15, -0.1) is 36.2 Å². The summed E-state index contributed by atoms with van der Waals surface area (Å²) in [6.45, 7) is 1.42. The highest BCUT2D eigenvalue weighted by Gasteiger charge is 2.15. The van der Waals surface area contributed by atoms with E-state index in [4.69, 9.17) is 11.6 Å². The Balaban J connectivity index is 0.00000220. The summed E-state index contributed by atoms with van der Waals surface area (Å²) in [5.74, 6) is -0.0586. The van der Waals surface area contributed by atoms with Crippen LogP contribution in [0.1, 0.15) is 10.5 Å². The zero-order valence-corrected chi connectivity index (χ0v) is 15.4. The standard InChI is InChI=1S/C14H16ClN3OS.2ClH/c1-16-7-8-18(2)14(19)12-9-20-13(17-12)10-3-5-11(15)6-4-10;;/h3-6,9,16H,7-8H2,1-2H3;2*1H. The van der Waals surface area contributed by atoms with E-state index in [1.807, 2.05) is 31.3 Å². The molecule has 0 bridgehead atoms. The fourth-order valence-corrected chi connectivity index (χ4v) is 2.60. The molecule has 4 nitrogen and oxygen atoms in total. The zero-order valence-electron chi connectivity index (χ0n) is 12.2. The molecule has 0 aliphatic heterocycles. The number of rotatable bonds is 5. The number of halogens is 3. The molecule has 0 unspecified atom stereocenters. The number of carbonyl (C=O) groups is 1. The molecule has 2 rings (SSSR count). The molecular weight excluding hydrogens is 365 g/mol. The van der Waals surface area contributed by atoms with Crippen LogP contribution in [0.15, 0.2) is 29.6 Å². The van der Waals surface area contributed by atoms with E-state index in [1.54, 1.807) is 17.3 Å². The lowest BCUT2D eigenvalue weighted by Crippen LogP contribution is -2.32. The maximum absolute atomic E-state index is 12.2. The molecule has 0 atom stereocenters. The largest absolute Gasteiger partial charge is 0.339 e. The molecule has 1 aromatic carbocycles. The van der Waals surface area contributed by atoms with Gasteiger partial charge in [-0.2, -0.15) is 0 Å². The number of amides is 1. The monoisotopic (exact) mass is 381 g/mol. The van der Waals surface area contributed by atoms with Crippen molar-refractivity contribution < 1.29 is 4.79 Å². The molecule has 2 aromatic rings. The van der Waals surface area contributed by atoms with E-state index in [-0.39, 0.29) is 30.7 Å². The second kappa shape index (κ2) is 10.0. The number of thiazole rings is 1. The van der Waals surface area contributed by atoms with E-state index < -0.39 is 0 Å². The van der Waals surface area contributed by atoms with E-state index in [0.29, 0.717) is 17.3 Å². The average Bonchev–Trinajstić information content (AvgIpc) is 2.94. The van der Waals surface area contributed by atoms with Gasteiger partial charge in [-0.1, -0.05) is 23.7 Å². The lowest BCUT2D eigenvalue weighted by atomic mass is 10.2. The Labute approximate surface area is 151 Å².